The number of hydrogen-bond donors (Lipinski definition) is 2. The number of aromatic amines is 1. The first-order chi connectivity index (χ1) is 10.0. The summed E-state index contributed by atoms with van der Waals surface area (Å²) in [5.74, 6) is 0.380. The van der Waals surface area contributed by atoms with E-state index in [0.29, 0.717) is 24.5 Å². The average Bonchev–Trinajstić information content (AvgIpc) is 3.01. The molecular formula is C15H16N4O2. The fourth-order valence-electron chi connectivity index (χ4n) is 2.35. The van der Waals surface area contributed by atoms with Crippen molar-refractivity contribution in [1.29, 1.82) is 0 Å². The maximum absolute atomic E-state index is 12.2. The molecule has 2 amide bonds. The van der Waals surface area contributed by atoms with Gasteiger partial charge in [-0.2, -0.15) is 5.10 Å². The quantitative estimate of drug-likeness (QED) is 0.883. The Hall–Kier alpha value is -2.63. The van der Waals surface area contributed by atoms with Gasteiger partial charge in [-0.05, 0) is 19.1 Å². The number of benzene rings is 1. The van der Waals surface area contributed by atoms with Crippen LogP contribution in [-0.2, 0) is 17.9 Å². The number of carbonyl (C=O) groups excluding carboxylic acids is 2. The Balaban J connectivity index is 1.77. The first-order valence-electron chi connectivity index (χ1n) is 6.74. The Morgan fingerprint density at radius 1 is 1.24 bits per heavy atom. The van der Waals surface area contributed by atoms with Gasteiger partial charge in [0.05, 0.1) is 18.8 Å². The van der Waals surface area contributed by atoms with Gasteiger partial charge in [0.1, 0.15) is 5.82 Å². The number of fused-ring (bicyclic) bond motifs is 1. The molecule has 1 aromatic heterocycles. The highest BCUT2D eigenvalue weighted by Crippen LogP contribution is 2.27. The van der Waals surface area contributed by atoms with Crippen LogP contribution in [0, 0.1) is 6.92 Å². The van der Waals surface area contributed by atoms with Crippen molar-refractivity contribution in [2.45, 2.75) is 26.9 Å². The van der Waals surface area contributed by atoms with Crippen LogP contribution in [0.25, 0.3) is 0 Å². The Labute approximate surface area is 122 Å². The molecule has 1 aliphatic heterocycles. The molecule has 0 radical (unpaired) electrons. The van der Waals surface area contributed by atoms with E-state index in [1.807, 2.05) is 19.1 Å². The number of carbonyl (C=O) groups is 2. The molecule has 0 aliphatic carbocycles. The van der Waals surface area contributed by atoms with Crippen LogP contribution in [0.4, 0.5) is 5.82 Å². The van der Waals surface area contributed by atoms with Crippen molar-refractivity contribution in [2.24, 2.45) is 0 Å². The van der Waals surface area contributed by atoms with Crippen molar-refractivity contribution in [3.05, 3.63) is 46.6 Å². The SMILES string of the molecule is CC(=O)N1Cc2n[nH]c(NC(=O)c3ccc(C)cc3)c2C1. The molecule has 0 saturated carbocycles. The molecule has 2 N–H and O–H groups in total. The minimum atomic E-state index is -0.192. The normalized spacial score (nSPS) is 13.1. The molecule has 0 spiro atoms. The van der Waals surface area contributed by atoms with Crippen LogP contribution in [0.3, 0.4) is 0 Å². The lowest BCUT2D eigenvalue weighted by Crippen LogP contribution is -2.23. The highest BCUT2D eigenvalue weighted by molar-refractivity contribution is 6.04. The lowest BCUT2D eigenvalue weighted by molar-refractivity contribution is -0.129. The average molecular weight is 284 g/mol. The Morgan fingerprint density at radius 3 is 2.62 bits per heavy atom. The van der Waals surface area contributed by atoms with Crippen molar-refractivity contribution >= 4 is 17.6 Å². The number of nitrogens with zero attached hydrogens (tertiary/aromatic N) is 2. The zero-order valence-corrected chi connectivity index (χ0v) is 11.9. The molecule has 108 valence electrons. The zero-order valence-electron chi connectivity index (χ0n) is 11.9. The minimum Gasteiger partial charge on any atom is -0.332 e. The Morgan fingerprint density at radius 2 is 1.95 bits per heavy atom. The first kappa shape index (κ1) is 13.4. The number of rotatable bonds is 2. The summed E-state index contributed by atoms with van der Waals surface area (Å²) in [6.07, 6.45) is 0. The van der Waals surface area contributed by atoms with E-state index in [4.69, 9.17) is 0 Å². The molecule has 0 unspecified atom stereocenters. The predicted octanol–water partition coefficient (Wildman–Crippen LogP) is 1.83. The van der Waals surface area contributed by atoms with Crippen LogP contribution in [0.2, 0.25) is 0 Å². The summed E-state index contributed by atoms with van der Waals surface area (Å²) in [6, 6.07) is 7.35. The number of aromatic nitrogens is 2. The van der Waals surface area contributed by atoms with Gasteiger partial charge in [0.25, 0.3) is 5.91 Å². The third kappa shape index (κ3) is 2.52. The van der Waals surface area contributed by atoms with Crippen LogP contribution in [-0.4, -0.2) is 26.9 Å². The second-order valence-corrected chi connectivity index (χ2v) is 5.22. The van der Waals surface area contributed by atoms with Gasteiger partial charge >= 0.3 is 0 Å². The van der Waals surface area contributed by atoms with Gasteiger partial charge in [0.2, 0.25) is 5.91 Å². The predicted molar refractivity (Wildman–Crippen MR) is 77.6 cm³/mol. The van der Waals surface area contributed by atoms with E-state index in [2.05, 4.69) is 15.5 Å². The molecule has 0 saturated heterocycles. The maximum Gasteiger partial charge on any atom is 0.256 e. The van der Waals surface area contributed by atoms with E-state index in [9.17, 15) is 9.59 Å². The molecule has 0 fully saturated rings. The largest absolute Gasteiger partial charge is 0.332 e. The molecule has 1 aliphatic rings. The first-order valence-corrected chi connectivity index (χ1v) is 6.74. The molecule has 2 aromatic rings. The Bertz CT molecular complexity index is 703. The highest BCUT2D eigenvalue weighted by atomic mass is 16.2. The van der Waals surface area contributed by atoms with Gasteiger partial charge in [-0.1, -0.05) is 17.7 Å². The number of anilines is 1. The highest BCUT2D eigenvalue weighted by Gasteiger charge is 2.27. The van der Waals surface area contributed by atoms with Gasteiger partial charge in [-0.25, -0.2) is 0 Å². The van der Waals surface area contributed by atoms with Crippen LogP contribution in [0.1, 0.15) is 34.1 Å². The van der Waals surface area contributed by atoms with Crippen molar-refractivity contribution in [3.63, 3.8) is 0 Å². The van der Waals surface area contributed by atoms with Crippen LogP contribution < -0.4 is 5.32 Å². The monoisotopic (exact) mass is 284 g/mol. The molecular weight excluding hydrogens is 268 g/mol. The van der Waals surface area contributed by atoms with Crippen LogP contribution in [0.5, 0.6) is 0 Å². The summed E-state index contributed by atoms with van der Waals surface area (Å²) in [4.78, 5) is 25.3. The maximum atomic E-state index is 12.2. The molecule has 21 heavy (non-hydrogen) atoms. The number of aryl methyl sites for hydroxylation is 1. The zero-order chi connectivity index (χ0) is 15.0. The molecule has 2 heterocycles. The van der Waals surface area contributed by atoms with Gasteiger partial charge < -0.3 is 10.2 Å². The van der Waals surface area contributed by atoms with Gasteiger partial charge in [-0.15, -0.1) is 0 Å². The summed E-state index contributed by atoms with van der Waals surface area (Å²) in [7, 11) is 0. The van der Waals surface area contributed by atoms with E-state index in [-0.39, 0.29) is 11.8 Å². The molecule has 0 atom stereocenters. The third-order valence-electron chi connectivity index (χ3n) is 3.64. The third-order valence-corrected chi connectivity index (χ3v) is 3.64. The lowest BCUT2D eigenvalue weighted by Gasteiger charge is -2.12. The number of amides is 2. The van der Waals surface area contributed by atoms with E-state index >= 15 is 0 Å². The second kappa shape index (κ2) is 5.05. The standard InChI is InChI=1S/C15H16N4O2/c1-9-3-5-11(6-4-9)15(21)16-14-12-7-19(10(2)20)8-13(12)17-18-14/h3-6H,7-8H2,1-2H3,(H2,16,17,18,21). The Kier molecular flexibility index (Phi) is 3.21. The summed E-state index contributed by atoms with van der Waals surface area (Å²) in [5, 5.41) is 9.81. The number of H-pyrrole nitrogens is 1. The smallest absolute Gasteiger partial charge is 0.256 e. The molecule has 1 aromatic carbocycles. The summed E-state index contributed by atoms with van der Waals surface area (Å²) >= 11 is 0. The van der Waals surface area contributed by atoms with Gasteiger partial charge in [0.15, 0.2) is 0 Å². The summed E-state index contributed by atoms with van der Waals surface area (Å²) in [5.41, 5.74) is 3.38. The van der Waals surface area contributed by atoms with E-state index in [0.717, 1.165) is 16.8 Å². The van der Waals surface area contributed by atoms with Crippen molar-refractivity contribution in [3.8, 4) is 0 Å². The van der Waals surface area contributed by atoms with Gasteiger partial charge in [0, 0.05) is 18.1 Å². The van der Waals surface area contributed by atoms with Crippen molar-refractivity contribution < 1.29 is 9.59 Å². The van der Waals surface area contributed by atoms with E-state index in [1.165, 1.54) is 6.92 Å². The van der Waals surface area contributed by atoms with Crippen LogP contribution >= 0.6 is 0 Å². The summed E-state index contributed by atoms with van der Waals surface area (Å²) < 4.78 is 0. The number of nitrogens with one attached hydrogen (secondary N) is 2. The second-order valence-electron chi connectivity index (χ2n) is 5.22. The fraction of sp³-hybridized carbons (Fsp3) is 0.267. The number of hydrogen-bond acceptors (Lipinski definition) is 3. The van der Waals surface area contributed by atoms with Crippen molar-refractivity contribution in [1.82, 2.24) is 15.1 Å². The summed E-state index contributed by atoms with van der Waals surface area (Å²) in [6.45, 7) is 4.46. The molecule has 6 heteroatoms. The molecule has 0 bridgehead atoms. The van der Waals surface area contributed by atoms with Crippen molar-refractivity contribution in [2.75, 3.05) is 5.32 Å². The van der Waals surface area contributed by atoms with E-state index < -0.39 is 0 Å². The minimum absolute atomic E-state index is 0.00353. The fourth-order valence-corrected chi connectivity index (χ4v) is 2.35. The topological polar surface area (TPSA) is 78.1 Å². The molecule has 6 nitrogen and oxygen atoms in total. The van der Waals surface area contributed by atoms with E-state index in [1.54, 1.807) is 17.0 Å². The lowest BCUT2D eigenvalue weighted by atomic mass is 10.1. The van der Waals surface area contributed by atoms with Crippen LogP contribution in [0.15, 0.2) is 24.3 Å². The molecule has 3 rings (SSSR count). The van der Waals surface area contributed by atoms with Gasteiger partial charge in [-0.3, -0.25) is 14.7 Å².